The lowest BCUT2D eigenvalue weighted by atomic mass is 9.87. The van der Waals surface area contributed by atoms with Gasteiger partial charge in [-0.3, -0.25) is 4.79 Å². The van der Waals surface area contributed by atoms with Crippen molar-refractivity contribution in [3.8, 4) is 0 Å². The lowest BCUT2D eigenvalue weighted by molar-refractivity contribution is -0.907. The minimum Gasteiger partial charge on any atom is -0.360 e. The summed E-state index contributed by atoms with van der Waals surface area (Å²) in [5, 5.41) is 2.99. The Bertz CT molecular complexity index is 878. The van der Waals surface area contributed by atoms with E-state index in [-0.39, 0.29) is 11.9 Å². The van der Waals surface area contributed by atoms with Crippen molar-refractivity contribution in [1.82, 2.24) is 10.2 Å². The number of rotatable bonds is 5. The molecule has 0 spiro atoms. The number of nitrogens with one attached hydrogen (secondary N) is 3. The third-order valence-electron chi connectivity index (χ3n) is 6.17. The first-order chi connectivity index (χ1) is 14.0. The fraction of sp³-hybridized carbons (Fsp3) is 0.409. The zero-order chi connectivity index (χ0) is 20.4. The molecule has 0 saturated carbocycles. The van der Waals surface area contributed by atoms with Crippen LogP contribution >= 0.6 is 0 Å². The molecule has 2 aliphatic heterocycles. The Hall–Kier alpha value is -2.93. The molecule has 1 aromatic heterocycles. The summed E-state index contributed by atoms with van der Waals surface area (Å²) in [6, 6.07) is 11.7. The molecule has 0 aliphatic carbocycles. The molecule has 7 nitrogen and oxygen atoms in total. The third kappa shape index (κ3) is 3.58. The standard InChI is InChI=1S/C22H27N5O2/c1-3-22(18-6-4-17(2)5-7-18)20(28)27(21(29)24-22)16-25-12-14-26(15-13-25)19-8-10-23-11-9-19/h4-11H,3,12-16H2,1-2H3,(H,24,29)/p+2/t22-/m1/s1. The Labute approximate surface area is 171 Å². The van der Waals surface area contributed by atoms with E-state index in [2.05, 4.69) is 27.3 Å². The van der Waals surface area contributed by atoms with Crippen LogP contribution in [-0.4, -0.2) is 49.7 Å². The Morgan fingerprint density at radius 1 is 1.07 bits per heavy atom. The van der Waals surface area contributed by atoms with Crippen LogP contribution in [0, 0.1) is 6.92 Å². The smallest absolute Gasteiger partial charge is 0.329 e. The number of pyridine rings is 1. The van der Waals surface area contributed by atoms with E-state index >= 15 is 0 Å². The summed E-state index contributed by atoms with van der Waals surface area (Å²) in [5.41, 5.74) is 2.23. The summed E-state index contributed by atoms with van der Waals surface area (Å²) in [6.07, 6.45) is 4.39. The van der Waals surface area contributed by atoms with Crippen molar-refractivity contribution in [1.29, 1.82) is 0 Å². The quantitative estimate of drug-likeness (QED) is 0.717. The van der Waals surface area contributed by atoms with E-state index in [1.54, 1.807) is 0 Å². The van der Waals surface area contributed by atoms with Crippen molar-refractivity contribution >= 4 is 17.6 Å². The summed E-state index contributed by atoms with van der Waals surface area (Å²) in [7, 11) is 0. The maximum absolute atomic E-state index is 13.3. The Morgan fingerprint density at radius 2 is 1.72 bits per heavy atom. The lowest BCUT2D eigenvalue weighted by Crippen LogP contribution is -3.16. The van der Waals surface area contributed by atoms with E-state index < -0.39 is 5.54 Å². The first-order valence-corrected chi connectivity index (χ1v) is 10.3. The van der Waals surface area contributed by atoms with Crippen LogP contribution in [0.15, 0.2) is 48.8 Å². The molecule has 2 fully saturated rings. The number of urea groups is 1. The molecule has 1 atom stereocenters. The fourth-order valence-corrected chi connectivity index (χ4v) is 4.30. The van der Waals surface area contributed by atoms with E-state index in [1.807, 2.05) is 50.5 Å². The van der Waals surface area contributed by atoms with Crippen LogP contribution in [0.3, 0.4) is 0 Å². The summed E-state index contributed by atoms with van der Waals surface area (Å²) < 4.78 is 0. The molecule has 1 aromatic carbocycles. The zero-order valence-electron chi connectivity index (χ0n) is 17.1. The number of quaternary nitrogens is 1. The number of nitrogens with zero attached hydrogens (tertiary/aromatic N) is 2. The van der Waals surface area contributed by atoms with Gasteiger partial charge in [0.15, 0.2) is 19.1 Å². The van der Waals surface area contributed by atoms with Gasteiger partial charge in [-0.25, -0.2) is 14.7 Å². The van der Waals surface area contributed by atoms with Gasteiger partial charge in [-0.1, -0.05) is 36.8 Å². The maximum atomic E-state index is 13.3. The molecule has 4 rings (SSSR count). The average molecular weight is 396 g/mol. The van der Waals surface area contributed by atoms with Crippen LogP contribution in [0.5, 0.6) is 0 Å². The molecule has 2 saturated heterocycles. The number of aryl methyl sites for hydroxylation is 1. The van der Waals surface area contributed by atoms with E-state index in [9.17, 15) is 9.59 Å². The third-order valence-corrected chi connectivity index (χ3v) is 6.17. The summed E-state index contributed by atoms with van der Waals surface area (Å²) in [5.74, 6) is -0.137. The molecule has 152 valence electrons. The van der Waals surface area contributed by atoms with Gasteiger partial charge in [-0.05, 0) is 18.9 Å². The van der Waals surface area contributed by atoms with Gasteiger partial charge in [0, 0.05) is 17.8 Å². The van der Waals surface area contributed by atoms with Crippen LogP contribution in [0.4, 0.5) is 10.5 Å². The second-order valence-electron chi connectivity index (χ2n) is 7.94. The number of piperazine rings is 1. The number of carbonyl (C=O) groups is 2. The molecule has 3 heterocycles. The van der Waals surface area contributed by atoms with Crippen LogP contribution < -0.4 is 20.1 Å². The van der Waals surface area contributed by atoms with Gasteiger partial charge in [0.2, 0.25) is 0 Å². The van der Waals surface area contributed by atoms with Gasteiger partial charge < -0.3 is 15.1 Å². The number of imide groups is 1. The number of hydrogen-bond acceptors (Lipinski definition) is 3. The van der Waals surface area contributed by atoms with Gasteiger partial charge in [-0.2, -0.15) is 0 Å². The SMILES string of the molecule is CC[C@]1(c2ccc(C)cc2)NC(=O)N(C[NH+]2CCN(c3cc[nH+]cc3)CC2)C1=O. The number of carbonyl (C=O) groups excluding carboxylic acids is 2. The van der Waals surface area contributed by atoms with Crippen molar-refractivity contribution in [2.75, 3.05) is 37.7 Å². The second-order valence-corrected chi connectivity index (χ2v) is 7.94. The van der Waals surface area contributed by atoms with E-state index in [4.69, 9.17) is 0 Å². The summed E-state index contributed by atoms with van der Waals surface area (Å²) in [4.78, 5) is 34.1. The molecule has 3 amide bonds. The van der Waals surface area contributed by atoms with Crippen LogP contribution in [0.1, 0.15) is 24.5 Å². The average Bonchev–Trinajstić information content (AvgIpc) is 3.00. The monoisotopic (exact) mass is 395 g/mol. The highest BCUT2D eigenvalue weighted by molar-refractivity contribution is 6.07. The number of anilines is 1. The normalized spacial score (nSPS) is 22.8. The van der Waals surface area contributed by atoms with E-state index in [0.717, 1.165) is 37.3 Å². The lowest BCUT2D eigenvalue weighted by Gasteiger charge is -2.34. The van der Waals surface area contributed by atoms with E-state index in [1.165, 1.54) is 15.5 Å². The molecule has 2 aliphatic rings. The van der Waals surface area contributed by atoms with Crippen molar-refractivity contribution < 1.29 is 19.5 Å². The summed E-state index contributed by atoms with van der Waals surface area (Å²) >= 11 is 0. The molecular weight excluding hydrogens is 366 g/mol. The van der Waals surface area contributed by atoms with Crippen molar-refractivity contribution in [2.24, 2.45) is 0 Å². The van der Waals surface area contributed by atoms with Crippen LogP contribution in [0.2, 0.25) is 0 Å². The van der Waals surface area contributed by atoms with Gasteiger partial charge in [0.25, 0.3) is 5.91 Å². The predicted molar refractivity (Wildman–Crippen MR) is 109 cm³/mol. The molecule has 29 heavy (non-hydrogen) atoms. The van der Waals surface area contributed by atoms with Crippen molar-refractivity contribution in [3.05, 3.63) is 59.9 Å². The highest BCUT2D eigenvalue weighted by atomic mass is 16.2. The fourth-order valence-electron chi connectivity index (χ4n) is 4.30. The number of benzene rings is 1. The molecule has 0 radical (unpaired) electrons. The first kappa shape index (κ1) is 19.4. The number of amides is 3. The summed E-state index contributed by atoms with van der Waals surface area (Å²) in [6.45, 7) is 7.96. The molecular formula is C22H29N5O2+2. The van der Waals surface area contributed by atoms with Gasteiger partial charge in [-0.15, -0.1) is 0 Å². The highest BCUT2D eigenvalue weighted by Crippen LogP contribution is 2.32. The van der Waals surface area contributed by atoms with Crippen LogP contribution in [-0.2, 0) is 10.3 Å². The number of hydrogen-bond donors (Lipinski definition) is 2. The molecule has 2 aromatic rings. The van der Waals surface area contributed by atoms with Gasteiger partial charge >= 0.3 is 6.03 Å². The second kappa shape index (κ2) is 7.83. The predicted octanol–water partition coefficient (Wildman–Crippen LogP) is 0.329. The van der Waals surface area contributed by atoms with Crippen molar-refractivity contribution in [3.63, 3.8) is 0 Å². The Morgan fingerprint density at radius 3 is 2.34 bits per heavy atom. The highest BCUT2D eigenvalue weighted by Gasteiger charge is 2.52. The number of aromatic amines is 1. The minimum atomic E-state index is -0.952. The first-order valence-electron chi connectivity index (χ1n) is 10.3. The number of aromatic nitrogens is 1. The molecule has 0 unspecified atom stereocenters. The Balaban J connectivity index is 1.44. The molecule has 3 N–H and O–H groups in total. The van der Waals surface area contributed by atoms with Gasteiger partial charge in [0.1, 0.15) is 5.54 Å². The van der Waals surface area contributed by atoms with Crippen LogP contribution in [0.25, 0.3) is 0 Å². The molecule has 0 bridgehead atoms. The largest absolute Gasteiger partial charge is 0.360 e. The number of H-pyrrole nitrogens is 1. The minimum absolute atomic E-state index is 0.137. The Kier molecular flexibility index (Phi) is 5.24. The van der Waals surface area contributed by atoms with Gasteiger partial charge in [0.05, 0.1) is 26.2 Å². The molecule has 7 heteroatoms. The topological polar surface area (TPSA) is 71.2 Å². The van der Waals surface area contributed by atoms with Crippen molar-refractivity contribution in [2.45, 2.75) is 25.8 Å². The zero-order valence-corrected chi connectivity index (χ0v) is 17.1. The maximum Gasteiger partial charge on any atom is 0.329 e. The van der Waals surface area contributed by atoms with E-state index in [0.29, 0.717) is 13.1 Å².